The highest BCUT2D eigenvalue weighted by Crippen LogP contribution is 2.34. The minimum Gasteiger partial charge on any atom is -0.392 e. The summed E-state index contributed by atoms with van der Waals surface area (Å²) in [6.45, 7) is 2.50. The third-order valence-corrected chi connectivity index (χ3v) is 4.84. The van der Waals surface area contributed by atoms with Crippen molar-refractivity contribution in [2.24, 2.45) is 0 Å². The molecule has 1 saturated carbocycles. The normalized spacial score (nSPS) is 22.8. The van der Waals surface area contributed by atoms with Gasteiger partial charge in [-0.15, -0.1) is 11.8 Å². The first-order chi connectivity index (χ1) is 9.29. The summed E-state index contributed by atoms with van der Waals surface area (Å²) in [5.74, 6) is 0. The number of benzene rings is 1. The monoisotopic (exact) mass is 281 g/mol. The zero-order valence-corrected chi connectivity index (χ0v) is 12.3. The van der Waals surface area contributed by atoms with Crippen molar-refractivity contribution in [3.63, 3.8) is 0 Å². The van der Waals surface area contributed by atoms with Crippen molar-refractivity contribution < 1.29 is 9.84 Å². The van der Waals surface area contributed by atoms with Crippen molar-refractivity contribution in [2.75, 3.05) is 20.3 Å². The molecule has 19 heavy (non-hydrogen) atoms. The molecule has 4 heteroatoms. The summed E-state index contributed by atoms with van der Waals surface area (Å²) in [6, 6.07) is 8.62. The fourth-order valence-electron chi connectivity index (χ4n) is 2.31. The molecule has 0 heterocycles. The number of ether oxygens (including phenoxy) is 1. The molecule has 0 amide bonds. The molecule has 2 rings (SSSR count). The summed E-state index contributed by atoms with van der Waals surface area (Å²) in [5, 5.41) is 13.5. The Kier molecular flexibility index (Phi) is 6.17. The van der Waals surface area contributed by atoms with Crippen LogP contribution in [0.25, 0.3) is 0 Å². The second-order valence-corrected chi connectivity index (χ2v) is 6.28. The van der Waals surface area contributed by atoms with Crippen molar-refractivity contribution >= 4 is 11.8 Å². The van der Waals surface area contributed by atoms with E-state index in [9.17, 15) is 5.11 Å². The Balaban J connectivity index is 1.77. The molecular weight excluding hydrogens is 258 g/mol. The number of methoxy groups -OCH3 is 1. The maximum Gasteiger partial charge on any atom is 0.0662 e. The smallest absolute Gasteiger partial charge is 0.0662 e. The molecule has 1 aliphatic rings. The maximum atomic E-state index is 9.83. The number of thioether (sulfide) groups is 1. The van der Waals surface area contributed by atoms with Crippen LogP contribution in [0.3, 0.4) is 0 Å². The SMILES string of the molecule is COCCNCc1ccc(SC2CCCC2O)cc1. The topological polar surface area (TPSA) is 41.5 Å². The Labute approximate surface area is 119 Å². The standard InChI is InChI=1S/C15H23NO2S/c1-18-10-9-16-11-12-5-7-13(8-6-12)19-15-4-2-3-14(15)17/h5-8,14-17H,2-4,9-11H2,1H3. The molecule has 2 atom stereocenters. The van der Waals surface area contributed by atoms with Gasteiger partial charge in [0.1, 0.15) is 0 Å². The summed E-state index contributed by atoms with van der Waals surface area (Å²) in [6.07, 6.45) is 3.12. The summed E-state index contributed by atoms with van der Waals surface area (Å²) in [7, 11) is 1.71. The number of hydrogen-bond donors (Lipinski definition) is 2. The van der Waals surface area contributed by atoms with Gasteiger partial charge in [-0.05, 0) is 37.0 Å². The molecule has 106 valence electrons. The first-order valence-electron chi connectivity index (χ1n) is 6.93. The Hall–Kier alpha value is -0.550. The molecule has 2 N–H and O–H groups in total. The van der Waals surface area contributed by atoms with Crippen molar-refractivity contribution in [2.45, 2.75) is 42.1 Å². The van der Waals surface area contributed by atoms with Gasteiger partial charge >= 0.3 is 0 Å². The first kappa shape index (κ1) is 14.9. The lowest BCUT2D eigenvalue weighted by molar-refractivity contribution is 0.188. The van der Waals surface area contributed by atoms with E-state index >= 15 is 0 Å². The molecule has 0 saturated heterocycles. The zero-order valence-electron chi connectivity index (χ0n) is 11.5. The molecule has 0 radical (unpaired) electrons. The second kappa shape index (κ2) is 7.90. The summed E-state index contributed by atoms with van der Waals surface area (Å²) in [5.41, 5.74) is 1.28. The molecule has 3 nitrogen and oxygen atoms in total. The van der Waals surface area contributed by atoms with Crippen LogP contribution in [-0.2, 0) is 11.3 Å². The van der Waals surface area contributed by atoms with Crippen LogP contribution in [-0.4, -0.2) is 36.7 Å². The van der Waals surface area contributed by atoms with Gasteiger partial charge in [-0.25, -0.2) is 0 Å². The van der Waals surface area contributed by atoms with E-state index in [1.165, 1.54) is 10.5 Å². The molecule has 0 aliphatic heterocycles. The number of aliphatic hydroxyl groups is 1. The van der Waals surface area contributed by atoms with E-state index in [2.05, 4.69) is 29.6 Å². The van der Waals surface area contributed by atoms with E-state index in [0.717, 1.165) is 39.0 Å². The van der Waals surface area contributed by atoms with Crippen molar-refractivity contribution in [1.82, 2.24) is 5.32 Å². The lowest BCUT2D eigenvalue weighted by atomic mass is 10.2. The van der Waals surface area contributed by atoms with Crippen LogP contribution in [0.1, 0.15) is 24.8 Å². The number of nitrogens with one attached hydrogen (secondary N) is 1. The lowest BCUT2D eigenvalue weighted by Crippen LogP contribution is -2.18. The number of rotatable bonds is 7. The van der Waals surface area contributed by atoms with Crippen LogP contribution in [0.4, 0.5) is 0 Å². The third kappa shape index (κ3) is 4.80. The van der Waals surface area contributed by atoms with Crippen molar-refractivity contribution in [3.8, 4) is 0 Å². The van der Waals surface area contributed by atoms with Crippen LogP contribution in [0, 0.1) is 0 Å². The Morgan fingerprint density at radius 3 is 2.74 bits per heavy atom. The average molecular weight is 281 g/mol. The summed E-state index contributed by atoms with van der Waals surface area (Å²) < 4.78 is 4.99. The Morgan fingerprint density at radius 2 is 2.11 bits per heavy atom. The van der Waals surface area contributed by atoms with E-state index in [4.69, 9.17) is 4.74 Å². The van der Waals surface area contributed by atoms with Gasteiger partial charge in [-0.2, -0.15) is 0 Å². The molecule has 2 unspecified atom stereocenters. The minimum atomic E-state index is -0.125. The van der Waals surface area contributed by atoms with Gasteiger partial charge in [0.15, 0.2) is 0 Å². The highest BCUT2D eigenvalue weighted by molar-refractivity contribution is 8.00. The molecule has 0 spiro atoms. The van der Waals surface area contributed by atoms with Gasteiger partial charge in [-0.1, -0.05) is 12.1 Å². The third-order valence-electron chi connectivity index (χ3n) is 3.44. The van der Waals surface area contributed by atoms with Gasteiger partial charge in [0, 0.05) is 30.3 Å². The summed E-state index contributed by atoms with van der Waals surface area (Å²) >= 11 is 1.81. The van der Waals surface area contributed by atoms with Crippen LogP contribution in [0.2, 0.25) is 0 Å². The average Bonchev–Trinajstić information content (AvgIpc) is 2.82. The van der Waals surface area contributed by atoms with Gasteiger partial charge in [0.25, 0.3) is 0 Å². The minimum absolute atomic E-state index is 0.125. The molecule has 1 fully saturated rings. The highest BCUT2D eigenvalue weighted by Gasteiger charge is 2.25. The van der Waals surface area contributed by atoms with E-state index in [1.807, 2.05) is 11.8 Å². The fraction of sp³-hybridized carbons (Fsp3) is 0.600. The molecule has 0 bridgehead atoms. The van der Waals surface area contributed by atoms with Crippen LogP contribution in [0.15, 0.2) is 29.2 Å². The highest BCUT2D eigenvalue weighted by atomic mass is 32.2. The van der Waals surface area contributed by atoms with Gasteiger partial charge in [-0.3, -0.25) is 0 Å². The predicted octanol–water partition coefficient (Wildman–Crippen LogP) is 2.43. The molecular formula is C15H23NO2S. The van der Waals surface area contributed by atoms with E-state index in [0.29, 0.717) is 5.25 Å². The van der Waals surface area contributed by atoms with Crippen LogP contribution < -0.4 is 5.32 Å². The largest absolute Gasteiger partial charge is 0.392 e. The van der Waals surface area contributed by atoms with E-state index in [-0.39, 0.29) is 6.10 Å². The van der Waals surface area contributed by atoms with Gasteiger partial charge in [0.05, 0.1) is 12.7 Å². The number of hydrogen-bond acceptors (Lipinski definition) is 4. The predicted molar refractivity (Wildman–Crippen MR) is 79.5 cm³/mol. The first-order valence-corrected chi connectivity index (χ1v) is 7.81. The van der Waals surface area contributed by atoms with Crippen molar-refractivity contribution in [3.05, 3.63) is 29.8 Å². The van der Waals surface area contributed by atoms with Crippen molar-refractivity contribution in [1.29, 1.82) is 0 Å². The summed E-state index contributed by atoms with van der Waals surface area (Å²) in [4.78, 5) is 1.26. The second-order valence-electron chi connectivity index (χ2n) is 4.97. The quantitative estimate of drug-likeness (QED) is 0.753. The fourth-order valence-corrected chi connectivity index (χ4v) is 3.53. The molecule has 1 aliphatic carbocycles. The lowest BCUT2D eigenvalue weighted by Gasteiger charge is -2.14. The van der Waals surface area contributed by atoms with E-state index in [1.54, 1.807) is 7.11 Å². The van der Waals surface area contributed by atoms with Crippen LogP contribution >= 0.6 is 11.8 Å². The molecule has 1 aromatic rings. The Morgan fingerprint density at radius 1 is 1.32 bits per heavy atom. The number of aliphatic hydroxyl groups excluding tert-OH is 1. The van der Waals surface area contributed by atoms with Gasteiger partial charge in [0.2, 0.25) is 0 Å². The maximum absolute atomic E-state index is 9.83. The van der Waals surface area contributed by atoms with E-state index < -0.39 is 0 Å². The zero-order chi connectivity index (χ0) is 13.5. The Bertz CT molecular complexity index is 369. The van der Waals surface area contributed by atoms with Gasteiger partial charge < -0.3 is 15.2 Å². The van der Waals surface area contributed by atoms with Crippen LogP contribution in [0.5, 0.6) is 0 Å². The molecule has 1 aromatic carbocycles. The molecule has 0 aromatic heterocycles.